The summed E-state index contributed by atoms with van der Waals surface area (Å²) in [4.78, 5) is 27.1. The molecule has 7 nitrogen and oxygen atoms in total. The van der Waals surface area contributed by atoms with Gasteiger partial charge in [0, 0.05) is 46.0 Å². The Morgan fingerprint density at radius 1 is 1.30 bits per heavy atom. The molecule has 144 valence electrons. The van der Waals surface area contributed by atoms with Gasteiger partial charge in [0.05, 0.1) is 0 Å². The number of aryl methyl sites for hydroxylation is 2. The summed E-state index contributed by atoms with van der Waals surface area (Å²) in [5.74, 6) is -0.343. The van der Waals surface area contributed by atoms with Gasteiger partial charge >= 0.3 is 0 Å². The van der Waals surface area contributed by atoms with Crippen LogP contribution in [0.1, 0.15) is 44.9 Å². The van der Waals surface area contributed by atoms with Crippen LogP contribution in [0.4, 0.5) is 0 Å². The number of ether oxygens (including phenoxy) is 1. The molecule has 2 heterocycles. The zero-order valence-electron chi connectivity index (χ0n) is 15.9. The van der Waals surface area contributed by atoms with Gasteiger partial charge in [0.2, 0.25) is 0 Å². The van der Waals surface area contributed by atoms with Crippen molar-refractivity contribution < 1.29 is 14.3 Å². The van der Waals surface area contributed by atoms with E-state index in [0.29, 0.717) is 38.5 Å². The van der Waals surface area contributed by atoms with Crippen molar-refractivity contribution in [3.8, 4) is 0 Å². The number of nitrogens with one attached hydrogen (secondary N) is 1. The van der Waals surface area contributed by atoms with Gasteiger partial charge in [-0.3, -0.25) is 14.3 Å². The fourth-order valence-electron chi connectivity index (χ4n) is 3.24. The third kappa shape index (κ3) is 4.74. The lowest BCUT2D eigenvalue weighted by Crippen LogP contribution is -2.30. The van der Waals surface area contributed by atoms with Crippen LogP contribution >= 0.6 is 0 Å². The van der Waals surface area contributed by atoms with E-state index in [1.54, 1.807) is 17.9 Å². The minimum absolute atomic E-state index is 0.0834. The summed E-state index contributed by atoms with van der Waals surface area (Å²) >= 11 is 0. The van der Waals surface area contributed by atoms with Gasteiger partial charge in [0.15, 0.2) is 5.69 Å². The van der Waals surface area contributed by atoms with Crippen molar-refractivity contribution in [1.82, 2.24) is 20.0 Å². The molecule has 0 saturated heterocycles. The summed E-state index contributed by atoms with van der Waals surface area (Å²) in [7, 11) is 1.63. The molecule has 1 aromatic heterocycles. The average molecular weight is 370 g/mol. The van der Waals surface area contributed by atoms with E-state index in [1.807, 2.05) is 30.0 Å². The molecule has 0 radical (unpaired) electrons. The molecule has 0 aliphatic carbocycles. The normalized spacial score (nSPS) is 14.0. The van der Waals surface area contributed by atoms with Crippen LogP contribution in [0.15, 0.2) is 30.3 Å². The van der Waals surface area contributed by atoms with Crippen molar-refractivity contribution in [3.05, 3.63) is 52.8 Å². The van der Waals surface area contributed by atoms with Crippen LogP contribution < -0.4 is 5.32 Å². The zero-order valence-corrected chi connectivity index (χ0v) is 15.9. The van der Waals surface area contributed by atoms with E-state index >= 15 is 0 Å². The lowest BCUT2D eigenvalue weighted by Gasteiger charge is -2.20. The first kappa shape index (κ1) is 19.1. The van der Waals surface area contributed by atoms with E-state index in [9.17, 15) is 9.59 Å². The second-order valence-electron chi connectivity index (χ2n) is 6.81. The molecule has 7 heteroatoms. The molecule has 0 bridgehead atoms. The quantitative estimate of drug-likeness (QED) is 0.757. The van der Waals surface area contributed by atoms with Gasteiger partial charge in [-0.05, 0) is 25.3 Å². The Hall–Kier alpha value is -2.67. The van der Waals surface area contributed by atoms with Crippen molar-refractivity contribution >= 4 is 11.8 Å². The maximum Gasteiger partial charge on any atom is 0.272 e. The summed E-state index contributed by atoms with van der Waals surface area (Å²) in [6.45, 7) is 5.01. The van der Waals surface area contributed by atoms with E-state index in [4.69, 9.17) is 4.74 Å². The van der Waals surface area contributed by atoms with E-state index in [1.165, 1.54) is 5.56 Å². The summed E-state index contributed by atoms with van der Waals surface area (Å²) < 4.78 is 6.63. The van der Waals surface area contributed by atoms with Crippen molar-refractivity contribution in [2.45, 2.75) is 32.9 Å². The topological polar surface area (TPSA) is 76.5 Å². The minimum atomic E-state index is -0.260. The maximum atomic E-state index is 13.0. The number of rotatable bonds is 7. The predicted octanol–water partition coefficient (Wildman–Crippen LogP) is 2.00. The van der Waals surface area contributed by atoms with Crippen molar-refractivity contribution in [1.29, 1.82) is 0 Å². The van der Waals surface area contributed by atoms with Crippen LogP contribution in [0.5, 0.6) is 0 Å². The first-order valence-electron chi connectivity index (χ1n) is 9.28. The molecule has 27 heavy (non-hydrogen) atoms. The highest BCUT2D eigenvalue weighted by Crippen LogP contribution is 2.17. The van der Waals surface area contributed by atoms with Crippen molar-refractivity contribution in [2.24, 2.45) is 0 Å². The van der Waals surface area contributed by atoms with Crippen LogP contribution in [0.25, 0.3) is 0 Å². The fourth-order valence-corrected chi connectivity index (χ4v) is 3.24. The molecule has 0 spiro atoms. The van der Waals surface area contributed by atoms with Gasteiger partial charge in [-0.25, -0.2) is 0 Å². The van der Waals surface area contributed by atoms with Crippen LogP contribution in [0.2, 0.25) is 0 Å². The highest BCUT2D eigenvalue weighted by Gasteiger charge is 2.26. The standard InChI is InChI=1S/C20H26N4O3/c1-15-6-3-7-16(12-15)14-23-9-5-10-24-18(20(23)26)13-17(22-24)19(25)21-8-4-11-27-2/h3,6-7,12-13H,4-5,8-11,14H2,1-2H3,(H,21,25). The van der Waals surface area contributed by atoms with E-state index in [2.05, 4.69) is 16.5 Å². The van der Waals surface area contributed by atoms with Crippen molar-refractivity contribution in [2.75, 3.05) is 26.8 Å². The highest BCUT2D eigenvalue weighted by molar-refractivity contribution is 5.98. The first-order valence-corrected chi connectivity index (χ1v) is 9.28. The predicted molar refractivity (Wildman–Crippen MR) is 102 cm³/mol. The number of benzene rings is 1. The third-order valence-electron chi connectivity index (χ3n) is 4.58. The summed E-state index contributed by atoms with van der Waals surface area (Å²) in [6, 6.07) is 9.77. The highest BCUT2D eigenvalue weighted by atomic mass is 16.5. The average Bonchev–Trinajstić information content (AvgIpc) is 3.02. The monoisotopic (exact) mass is 370 g/mol. The lowest BCUT2D eigenvalue weighted by atomic mass is 10.1. The molecule has 1 N–H and O–H groups in total. The van der Waals surface area contributed by atoms with Gasteiger partial charge in [-0.2, -0.15) is 5.10 Å². The number of nitrogens with zero attached hydrogens (tertiary/aromatic N) is 3. The second-order valence-corrected chi connectivity index (χ2v) is 6.81. The Bertz CT molecular complexity index is 815. The number of hydrogen-bond acceptors (Lipinski definition) is 4. The smallest absolute Gasteiger partial charge is 0.272 e. The van der Waals surface area contributed by atoms with E-state index < -0.39 is 0 Å². The van der Waals surface area contributed by atoms with Crippen LogP contribution in [-0.2, 0) is 17.8 Å². The zero-order chi connectivity index (χ0) is 19.2. The van der Waals surface area contributed by atoms with Gasteiger partial charge in [0.25, 0.3) is 11.8 Å². The molecule has 0 saturated carbocycles. The minimum Gasteiger partial charge on any atom is -0.385 e. The van der Waals surface area contributed by atoms with Crippen LogP contribution in [-0.4, -0.2) is 53.3 Å². The fraction of sp³-hybridized carbons (Fsp3) is 0.450. The third-order valence-corrected chi connectivity index (χ3v) is 4.58. The van der Waals surface area contributed by atoms with Gasteiger partial charge in [0.1, 0.15) is 5.69 Å². The number of methoxy groups -OCH3 is 1. The summed E-state index contributed by atoms with van der Waals surface area (Å²) in [5, 5.41) is 7.15. The molecular weight excluding hydrogens is 344 g/mol. The lowest BCUT2D eigenvalue weighted by molar-refractivity contribution is 0.0745. The molecule has 0 unspecified atom stereocenters. The SMILES string of the molecule is COCCCNC(=O)c1cc2n(n1)CCCN(Cc1cccc(C)c1)C2=O. The van der Waals surface area contributed by atoms with Crippen LogP contribution in [0, 0.1) is 6.92 Å². The van der Waals surface area contributed by atoms with Gasteiger partial charge in [-0.1, -0.05) is 29.8 Å². The first-order chi connectivity index (χ1) is 13.1. The number of carbonyl (C=O) groups is 2. The maximum absolute atomic E-state index is 13.0. The van der Waals surface area contributed by atoms with Crippen LogP contribution in [0.3, 0.4) is 0 Å². The van der Waals surface area contributed by atoms with E-state index in [0.717, 1.165) is 18.4 Å². The number of fused-ring (bicyclic) bond motifs is 1. The molecule has 1 aliphatic rings. The molecule has 1 aliphatic heterocycles. The molecule has 1 aromatic carbocycles. The van der Waals surface area contributed by atoms with Gasteiger partial charge < -0.3 is 15.0 Å². The van der Waals surface area contributed by atoms with Gasteiger partial charge in [-0.15, -0.1) is 0 Å². The Labute approximate surface area is 159 Å². The molecule has 0 fully saturated rings. The van der Waals surface area contributed by atoms with Crippen molar-refractivity contribution in [3.63, 3.8) is 0 Å². The summed E-state index contributed by atoms with van der Waals surface area (Å²) in [5.41, 5.74) is 3.04. The molecule has 3 rings (SSSR count). The number of amides is 2. The molecular formula is C20H26N4O3. The second kappa shape index (κ2) is 8.81. The Morgan fingerprint density at radius 2 is 2.15 bits per heavy atom. The number of carbonyl (C=O) groups excluding carboxylic acids is 2. The Morgan fingerprint density at radius 3 is 2.93 bits per heavy atom. The Balaban J connectivity index is 1.70. The molecule has 2 amide bonds. The number of aromatic nitrogens is 2. The molecule has 2 aromatic rings. The van der Waals surface area contributed by atoms with E-state index in [-0.39, 0.29) is 17.5 Å². The summed E-state index contributed by atoms with van der Waals surface area (Å²) in [6.07, 6.45) is 1.54. The largest absolute Gasteiger partial charge is 0.385 e. The number of hydrogen-bond donors (Lipinski definition) is 1. The Kier molecular flexibility index (Phi) is 6.24. The molecule has 0 atom stereocenters.